The molecule has 0 unspecified atom stereocenters. The Bertz CT molecular complexity index is 659. The van der Waals surface area contributed by atoms with E-state index in [4.69, 9.17) is 16.3 Å². The zero-order chi connectivity index (χ0) is 16.7. The molecule has 0 spiro atoms. The van der Waals surface area contributed by atoms with E-state index in [2.05, 4.69) is 10.3 Å². The molecule has 2 rings (SSSR count). The number of nitrogens with one attached hydrogen (secondary N) is 1. The summed E-state index contributed by atoms with van der Waals surface area (Å²) in [7, 11) is 0. The average Bonchev–Trinajstić information content (AvgIpc) is 2.56. The second-order valence-electron chi connectivity index (χ2n) is 4.97. The predicted octanol–water partition coefficient (Wildman–Crippen LogP) is 3.24. The number of esters is 1. The highest BCUT2D eigenvalue weighted by Gasteiger charge is 2.18. The molecule has 0 aliphatic heterocycles. The summed E-state index contributed by atoms with van der Waals surface area (Å²) in [5, 5.41) is 3.04. The molecule has 1 aromatic carbocycles. The van der Waals surface area contributed by atoms with Gasteiger partial charge in [-0.3, -0.25) is 9.59 Å². The fourth-order valence-corrected chi connectivity index (χ4v) is 1.99. The van der Waals surface area contributed by atoms with Crippen molar-refractivity contribution in [3.63, 3.8) is 0 Å². The van der Waals surface area contributed by atoms with Crippen molar-refractivity contribution >= 4 is 29.3 Å². The number of aromatic nitrogens is 1. The van der Waals surface area contributed by atoms with Crippen molar-refractivity contribution in [2.24, 2.45) is 0 Å². The summed E-state index contributed by atoms with van der Waals surface area (Å²) < 4.78 is 5.12. The standard InChI is InChI=1S/C17H17ClN2O3/c1-12(17(22)20-15-9-8-14(18)11-19-15)23-16(21)10-7-13-5-3-2-4-6-13/h2-6,8-9,11-12H,7,10H2,1H3,(H,19,20,22)/t12-/m1/s1. The second-order valence-corrected chi connectivity index (χ2v) is 5.41. The smallest absolute Gasteiger partial charge is 0.306 e. The predicted molar refractivity (Wildman–Crippen MR) is 88.2 cm³/mol. The van der Waals surface area contributed by atoms with Gasteiger partial charge in [-0.05, 0) is 31.0 Å². The van der Waals surface area contributed by atoms with Crippen LogP contribution in [0.3, 0.4) is 0 Å². The Morgan fingerprint density at radius 2 is 1.96 bits per heavy atom. The maximum absolute atomic E-state index is 11.9. The van der Waals surface area contributed by atoms with Crippen molar-refractivity contribution in [2.45, 2.75) is 25.9 Å². The number of aryl methyl sites for hydroxylation is 1. The molecular weight excluding hydrogens is 316 g/mol. The number of halogens is 1. The number of hydrogen-bond acceptors (Lipinski definition) is 4. The first-order valence-electron chi connectivity index (χ1n) is 7.20. The minimum atomic E-state index is -0.893. The highest BCUT2D eigenvalue weighted by atomic mass is 35.5. The van der Waals surface area contributed by atoms with Gasteiger partial charge in [0.15, 0.2) is 6.10 Å². The minimum absolute atomic E-state index is 0.223. The van der Waals surface area contributed by atoms with Gasteiger partial charge >= 0.3 is 5.97 Å². The minimum Gasteiger partial charge on any atom is -0.453 e. The Hall–Kier alpha value is -2.40. The summed E-state index contributed by atoms with van der Waals surface area (Å²) in [6.07, 6.45) is 1.33. The van der Waals surface area contributed by atoms with Crippen LogP contribution >= 0.6 is 11.6 Å². The van der Waals surface area contributed by atoms with Crippen LogP contribution in [0.25, 0.3) is 0 Å². The third-order valence-electron chi connectivity index (χ3n) is 3.12. The van der Waals surface area contributed by atoms with Crippen LogP contribution in [-0.4, -0.2) is 23.0 Å². The van der Waals surface area contributed by atoms with Crippen molar-refractivity contribution < 1.29 is 14.3 Å². The topological polar surface area (TPSA) is 68.3 Å². The lowest BCUT2D eigenvalue weighted by molar-refractivity contribution is -0.153. The molecule has 1 aromatic heterocycles. The fourth-order valence-electron chi connectivity index (χ4n) is 1.88. The molecule has 5 nitrogen and oxygen atoms in total. The van der Waals surface area contributed by atoms with E-state index < -0.39 is 18.0 Å². The van der Waals surface area contributed by atoms with Gasteiger partial charge in [0.05, 0.1) is 5.02 Å². The number of rotatable bonds is 6. The summed E-state index contributed by atoms with van der Waals surface area (Å²) in [5.41, 5.74) is 1.05. The number of carbonyl (C=O) groups excluding carboxylic acids is 2. The molecule has 0 radical (unpaired) electrons. The molecule has 1 atom stereocenters. The normalized spacial score (nSPS) is 11.6. The molecule has 0 fully saturated rings. The zero-order valence-corrected chi connectivity index (χ0v) is 13.4. The van der Waals surface area contributed by atoms with Crippen molar-refractivity contribution in [3.8, 4) is 0 Å². The van der Waals surface area contributed by atoms with Gasteiger partial charge in [0.2, 0.25) is 0 Å². The molecule has 1 heterocycles. The van der Waals surface area contributed by atoms with Crippen molar-refractivity contribution in [3.05, 3.63) is 59.2 Å². The number of amides is 1. The molecule has 23 heavy (non-hydrogen) atoms. The van der Waals surface area contributed by atoms with E-state index in [1.165, 1.54) is 13.1 Å². The Labute approximate surface area is 139 Å². The van der Waals surface area contributed by atoms with Crippen molar-refractivity contribution in [1.82, 2.24) is 4.98 Å². The first-order chi connectivity index (χ1) is 11.0. The van der Waals surface area contributed by atoms with Gasteiger partial charge in [-0.2, -0.15) is 0 Å². The molecule has 0 saturated heterocycles. The SMILES string of the molecule is C[C@@H](OC(=O)CCc1ccccc1)C(=O)Nc1ccc(Cl)cn1. The van der Waals surface area contributed by atoms with E-state index >= 15 is 0 Å². The second kappa shape index (κ2) is 8.29. The Balaban J connectivity index is 1.78. The Morgan fingerprint density at radius 3 is 2.61 bits per heavy atom. The third-order valence-corrected chi connectivity index (χ3v) is 3.34. The summed E-state index contributed by atoms with van der Waals surface area (Å²) in [6.45, 7) is 1.52. The maximum atomic E-state index is 11.9. The van der Waals surface area contributed by atoms with Crippen LogP contribution < -0.4 is 5.32 Å². The maximum Gasteiger partial charge on any atom is 0.306 e. The fraction of sp³-hybridized carbons (Fsp3) is 0.235. The molecule has 0 bridgehead atoms. The summed E-state index contributed by atoms with van der Waals surface area (Å²) >= 11 is 5.72. The van der Waals surface area contributed by atoms with Crippen LogP contribution in [0, 0.1) is 0 Å². The van der Waals surface area contributed by atoms with Gasteiger partial charge in [-0.25, -0.2) is 4.98 Å². The number of pyridine rings is 1. The molecule has 0 aliphatic carbocycles. The molecule has 0 saturated carbocycles. The zero-order valence-electron chi connectivity index (χ0n) is 12.7. The van der Waals surface area contributed by atoms with Gasteiger partial charge in [-0.15, -0.1) is 0 Å². The monoisotopic (exact) mass is 332 g/mol. The van der Waals surface area contributed by atoms with Gasteiger partial charge in [-0.1, -0.05) is 41.9 Å². The van der Waals surface area contributed by atoms with Crippen LogP contribution in [0.5, 0.6) is 0 Å². The van der Waals surface area contributed by atoms with Crippen molar-refractivity contribution in [1.29, 1.82) is 0 Å². The van der Waals surface area contributed by atoms with Gasteiger partial charge in [0.25, 0.3) is 5.91 Å². The molecule has 0 aliphatic rings. The molecular formula is C17H17ClN2O3. The average molecular weight is 333 g/mol. The number of anilines is 1. The quantitative estimate of drug-likeness (QED) is 0.824. The summed E-state index contributed by atoms with van der Waals surface area (Å²) in [6, 6.07) is 12.8. The third kappa shape index (κ3) is 5.71. The lowest BCUT2D eigenvalue weighted by Gasteiger charge is -2.13. The highest BCUT2D eigenvalue weighted by molar-refractivity contribution is 6.30. The number of carbonyl (C=O) groups is 2. The van der Waals surface area contributed by atoms with Gasteiger partial charge in [0, 0.05) is 12.6 Å². The Kier molecular flexibility index (Phi) is 6.11. The largest absolute Gasteiger partial charge is 0.453 e. The van der Waals surface area contributed by atoms with Crippen LogP contribution in [0.2, 0.25) is 5.02 Å². The summed E-state index contributed by atoms with van der Waals surface area (Å²) in [4.78, 5) is 27.7. The highest BCUT2D eigenvalue weighted by Crippen LogP contribution is 2.10. The van der Waals surface area contributed by atoms with Gasteiger partial charge < -0.3 is 10.1 Å². The van der Waals surface area contributed by atoms with Crippen LogP contribution in [0.15, 0.2) is 48.7 Å². The Morgan fingerprint density at radius 1 is 1.22 bits per heavy atom. The first kappa shape index (κ1) is 17.0. The van der Waals surface area contributed by atoms with E-state index in [-0.39, 0.29) is 6.42 Å². The molecule has 1 N–H and O–H groups in total. The number of benzene rings is 1. The van der Waals surface area contributed by atoms with E-state index in [1.54, 1.807) is 12.1 Å². The van der Waals surface area contributed by atoms with E-state index in [1.807, 2.05) is 30.3 Å². The van der Waals surface area contributed by atoms with Crippen LogP contribution in [0.4, 0.5) is 5.82 Å². The van der Waals surface area contributed by atoms with Crippen LogP contribution in [0.1, 0.15) is 18.9 Å². The lowest BCUT2D eigenvalue weighted by Crippen LogP contribution is -2.30. The van der Waals surface area contributed by atoms with E-state index in [0.29, 0.717) is 17.3 Å². The summed E-state index contributed by atoms with van der Waals surface area (Å²) in [5.74, 6) is -0.500. The lowest BCUT2D eigenvalue weighted by atomic mass is 10.1. The molecule has 1 amide bonds. The number of nitrogens with zero attached hydrogens (tertiary/aromatic N) is 1. The molecule has 6 heteroatoms. The van der Waals surface area contributed by atoms with E-state index in [9.17, 15) is 9.59 Å². The molecule has 2 aromatic rings. The van der Waals surface area contributed by atoms with E-state index in [0.717, 1.165) is 5.56 Å². The number of hydrogen-bond donors (Lipinski definition) is 1. The molecule has 120 valence electrons. The van der Waals surface area contributed by atoms with Crippen molar-refractivity contribution in [2.75, 3.05) is 5.32 Å². The van der Waals surface area contributed by atoms with Crippen LogP contribution in [-0.2, 0) is 20.7 Å². The van der Waals surface area contributed by atoms with Gasteiger partial charge in [0.1, 0.15) is 5.82 Å². The first-order valence-corrected chi connectivity index (χ1v) is 7.58. The number of ether oxygens (including phenoxy) is 1.